The summed E-state index contributed by atoms with van der Waals surface area (Å²) in [4.78, 5) is 12.4. The van der Waals surface area contributed by atoms with Gasteiger partial charge in [-0.25, -0.2) is 4.68 Å². The highest BCUT2D eigenvalue weighted by Crippen LogP contribution is 2.29. The smallest absolute Gasteiger partial charge is 0.254 e. The van der Waals surface area contributed by atoms with Crippen LogP contribution in [0.25, 0.3) is 5.69 Å². The first-order valence-electron chi connectivity index (χ1n) is 7.45. The monoisotopic (exact) mass is 354 g/mol. The third kappa shape index (κ3) is 3.86. The minimum atomic E-state index is -0.255. The average Bonchev–Trinajstić information content (AvgIpc) is 3.17. The molecule has 124 valence electrons. The van der Waals surface area contributed by atoms with Crippen molar-refractivity contribution in [3.8, 4) is 5.69 Å². The molecular weight excluding hydrogens is 335 g/mol. The summed E-state index contributed by atoms with van der Waals surface area (Å²) >= 11 is 5.98. The fourth-order valence-corrected chi connectivity index (χ4v) is 3.13. The van der Waals surface area contributed by atoms with Gasteiger partial charge in [-0.15, -0.1) is 12.4 Å². The molecule has 7 heteroatoms. The van der Waals surface area contributed by atoms with Crippen molar-refractivity contribution >= 4 is 29.9 Å². The zero-order chi connectivity index (χ0) is 15.6. The maximum atomic E-state index is 12.4. The van der Waals surface area contributed by atoms with Gasteiger partial charge < -0.3 is 11.1 Å². The number of aromatic nitrogens is 2. The lowest BCUT2D eigenvalue weighted by Gasteiger charge is -2.28. The summed E-state index contributed by atoms with van der Waals surface area (Å²) in [7, 11) is 0. The second-order valence-electron chi connectivity index (χ2n) is 5.80. The number of carbonyl (C=O) groups is 1. The van der Waals surface area contributed by atoms with Gasteiger partial charge in [0, 0.05) is 17.8 Å². The van der Waals surface area contributed by atoms with Gasteiger partial charge in [-0.1, -0.05) is 30.5 Å². The first-order chi connectivity index (χ1) is 10.6. The second kappa shape index (κ2) is 7.34. The number of amides is 1. The van der Waals surface area contributed by atoms with E-state index in [9.17, 15) is 4.79 Å². The van der Waals surface area contributed by atoms with Crippen LogP contribution in [-0.2, 0) is 0 Å². The molecule has 23 heavy (non-hydrogen) atoms. The predicted octanol–water partition coefficient (Wildman–Crippen LogP) is 2.95. The molecule has 0 unspecified atom stereocenters. The van der Waals surface area contributed by atoms with Gasteiger partial charge in [0.25, 0.3) is 5.91 Å². The van der Waals surface area contributed by atoms with Gasteiger partial charge >= 0.3 is 0 Å². The molecule has 0 radical (unpaired) electrons. The van der Waals surface area contributed by atoms with Crippen molar-refractivity contribution in [3.63, 3.8) is 0 Å². The highest BCUT2D eigenvalue weighted by molar-refractivity contribution is 6.30. The fourth-order valence-electron chi connectivity index (χ4n) is 2.94. The van der Waals surface area contributed by atoms with Gasteiger partial charge in [-0.05, 0) is 31.0 Å². The van der Waals surface area contributed by atoms with E-state index in [1.165, 1.54) is 0 Å². The van der Waals surface area contributed by atoms with E-state index in [1.807, 2.05) is 12.1 Å². The Hall–Kier alpha value is -1.56. The van der Waals surface area contributed by atoms with Crippen LogP contribution < -0.4 is 11.1 Å². The standard InChI is InChI=1S/C16H19ClN4O.ClH/c17-13-4-3-5-14(8-13)21-10-12(9-19-21)15(22)20-16(11-18)6-1-2-7-16;/h3-5,8-10H,1-2,6-7,11,18H2,(H,20,22);1H. The Morgan fingerprint density at radius 2 is 2.13 bits per heavy atom. The van der Waals surface area contributed by atoms with Crippen molar-refractivity contribution in [3.05, 3.63) is 47.2 Å². The van der Waals surface area contributed by atoms with Crippen LogP contribution in [-0.4, -0.2) is 27.8 Å². The van der Waals surface area contributed by atoms with E-state index in [-0.39, 0.29) is 23.9 Å². The average molecular weight is 355 g/mol. The highest BCUT2D eigenvalue weighted by Gasteiger charge is 2.34. The van der Waals surface area contributed by atoms with E-state index >= 15 is 0 Å². The molecule has 3 rings (SSSR count). The molecule has 1 heterocycles. The van der Waals surface area contributed by atoms with Crippen LogP contribution in [0, 0.1) is 0 Å². The number of nitrogens with one attached hydrogen (secondary N) is 1. The van der Waals surface area contributed by atoms with Gasteiger partial charge in [-0.2, -0.15) is 5.10 Å². The summed E-state index contributed by atoms with van der Waals surface area (Å²) in [5.74, 6) is -0.124. The van der Waals surface area contributed by atoms with Gasteiger partial charge in [0.05, 0.1) is 23.0 Å². The molecule has 1 amide bonds. The van der Waals surface area contributed by atoms with Gasteiger partial charge in [-0.3, -0.25) is 4.79 Å². The first-order valence-corrected chi connectivity index (χ1v) is 7.83. The lowest BCUT2D eigenvalue weighted by Crippen LogP contribution is -2.51. The van der Waals surface area contributed by atoms with Crippen LogP contribution in [0.1, 0.15) is 36.0 Å². The SMILES string of the molecule is Cl.NCC1(NC(=O)c2cnn(-c3cccc(Cl)c3)c2)CCCC1. The highest BCUT2D eigenvalue weighted by atomic mass is 35.5. The summed E-state index contributed by atoms with van der Waals surface area (Å²) in [6.45, 7) is 0.473. The summed E-state index contributed by atoms with van der Waals surface area (Å²) in [6, 6.07) is 7.34. The maximum absolute atomic E-state index is 12.4. The van der Waals surface area contributed by atoms with Crippen molar-refractivity contribution in [2.24, 2.45) is 5.73 Å². The van der Waals surface area contributed by atoms with Gasteiger partial charge in [0.2, 0.25) is 0 Å². The van der Waals surface area contributed by atoms with Crippen LogP contribution >= 0.6 is 24.0 Å². The lowest BCUT2D eigenvalue weighted by molar-refractivity contribution is 0.0903. The molecule has 0 aliphatic heterocycles. The number of carbonyl (C=O) groups excluding carboxylic acids is 1. The molecule has 1 aromatic heterocycles. The molecule has 0 spiro atoms. The summed E-state index contributed by atoms with van der Waals surface area (Å²) in [5, 5.41) is 7.96. The predicted molar refractivity (Wildman–Crippen MR) is 93.5 cm³/mol. The van der Waals surface area contributed by atoms with Crippen LogP contribution in [0.3, 0.4) is 0 Å². The number of hydrogen-bond acceptors (Lipinski definition) is 3. The Morgan fingerprint density at radius 3 is 2.78 bits per heavy atom. The van der Waals surface area contributed by atoms with Crippen LogP contribution in [0.4, 0.5) is 0 Å². The molecule has 1 aromatic carbocycles. The van der Waals surface area contributed by atoms with E-state index in [2.05, 4.69) is 10.4 Å². The maximum Gasteiger partial charge on any atom is 0.254 e. The van der Waals surface area contributed by atoms with Crippen molar-refractivity contribution in [1.82, 2.24) is 15.1 Å². The van der Waals surface area contributed by atoms with E-state index < -0.39 is 0 Å². The van der Waals surface area contributed by atoms with Gasteiger partial charge in [0.15, 0.2) is 0 Å². The summed E-state index contributed by atoms with van der Waals surface area (Å²) in [6.07, 6.45) is 7.38. The topological polar surface area (TPSA) is 72.9 Å². The number of hydrogen-bond donors (Lipinski definition) is 2. The van der Waals surface area contributed by atoms with E-state index in [4.69, 9.17) is 17.3 Å². The second-order valence-corrected chi connectivity index (χ2v) is 6.24. The van der Waals surface area contributed by atoms with Crippen molar-refractivity contribution in [2.75, 3.05) is 6.54 Å². The largest absolute Gasteiger partial charge is 0.345 e. The zero-order valence-corrected chi connectivity index (χ0v) is 14.2. The van der Waals surface area contributed by atoms with Crippen molar-refractivity contribution < 1.29 is 4.79 Å². The number of benzene rings is 1. The molecule has 1 fully saturated rings. The molecule has 2 aromatic rings. The molecule has 1 aliphatic rings. The molecule has 5 nitrogen and oxygen atoms in total. The lowest BCUT2D eigenvalue weighted by atomic mass is 9.97. The van der Waals surface area contributed by atoms with E-state index in [1.54, 1.807) is 29.2 Å². The molecule has 1 saturated carbocycles. The summed E-state index contributed by atoms with van der Waals surface area (Å²) in [5.41, 5.74) is 6.95. The van der Waals surface area contributed by atoms with Crippen molar-refractivity contribution in [2.45, 2.75) is 31.2 Å². The minimum absolute atomic E-state index is 0. The third-order valence-electron chi connectivity index (χ3n) is 4.25. The van der Waals surface area contributed by atoms with Crippen LogP contribution in [0.2, 0.25) is 5.02 Å². The quantitative estimate of drug-likeness (QED) is 0.886. The molecule has 0 atom stereocenters. The molecular formula is C16H20Cl2N4O. The Balaban J connectivity index is 0.00000192. The summed E-state index contributed by atoms with van der Waals surface area (Å²) < 4.78 is 1.64. The van der Waals surface area contributed by atoms with Crippen LogP contribution in [0.5, 0.6) is 0 Å². The minimum Gasteiger partial charge on any atom is -0.345 e. The number of halogens is 2. The zero-order valence-electron chi connectivity index (χ0n) is 12.7. The molecule has 0 bridgehead atoms. The molecule has 1 aliphatic carbocycles. The molecule has 0 saturated heterocycles. The van der Waals surface area contributed by atoms with E-state index in [0.717, 1.165) is 31.4 Å². The van der Waals surface area contributed by atoms with Crippen molar-refractivity contribution in [1.29, 1.82) is 0 Å². The number of nitrogens with two attached hydrogens (primary N) is 1. The Kier molecular flexibility index (Phi) is 5.68. The van der Waals surface area contributed by atoms with E-state index in [0.29, 0.717) is 17.1 Å². The number of nitrogens with zero attached hydrogens (tertiary/aromatic N) is 2. The Bertz CT molecular complexity index is 680. The molecule has 3 N–H and O–H groups in total. The normalized spacial score (nSPS) is 15.9. The fraction of sp³-hybridized carbons (Fsp3) is 0.375. The Morgan fingerprint density at radius 1 is 1.39 bits per heavy atom. The Labute approximate surface area is 146 Å². The van der Waals surface area contributed by atoms with Gasteiger partial charge in [0.1, 0.15) is 0 Å². The number of rotatable bonds is 4. The third-order valence-corrected chi connectivity index (χ3v) is 4.48. The first kappa shape index (κ1) is 17.8. The van der Waals surface area contributed by atoms with Crippen LogP contribution in [0.15, 0.2) is 36.7 Å².